The molecular formula is C13H18ClFN2. The molecule has 2 atom stereocenters. The van der Waals surface area contributed by atoms with Gasteiger partial charge in [-0.15, -0.1) is 0 Å². The molecule has 1 aliphatic rings. The SMILES string of the molecule is CC1CN(Cc2ccc(Cl)cc2F)C(C)CN1. The molecule has 0 saturated carbocycles. The second kappa shape index (κ2) is 5.34. The van der Waals surface area contributed by atoms with E-state index < -0.39 is 0 Å². The lowest BCUT2D eigenvalue weighted by Gasteiger charge is -2.37. The number of piperazine rings is 1. The number of rotatable bonds is 2. The minimum atomic E-state index is -0.212. The summed E-state index contributed by atoms with van der Waals surface area (Å²) in [5.41, 5.74) is 0.718. The highest BCUT2D eigenvalue weighted by Crippen LogP contribution is 2.18. The first kappa shape index (κ1) is 12.8. The number of benzene rings is 1. The summed E-state index contributed by atoms with van der Waals surface area (Å²) in [6.45, 7) is 6.86. The third-order valence-electron chi connectivity index (χ3n) is 3.28. The van der Waals surface area contributed by atoms with Crippen LogP contribution in [-0.4, -0.2) is 30.1 Å². The van der Waals surface area contributed by atoms with Crippen LogP contribution >= 0.6 is 11.6 Å². The summed E-state index contributed by atoms with van der Waals surface area (Å²) < 4.78 is 13.7. The highest BCUT2D eigenvalue weighted by atomic mass is 35.5. The van der Waals surface area contributed by atoms with Gasteiger partial charge >= 0.3 is 0 Å². The van der Waals surface area contributed by atoms with Gasteiger partial charge in [-0.05, 0) is 26.0 Å². The van der Waals surface area contributed by atoms with E-state index in [0.29, 0.717) is 23.7 Å². The smallest absolute Gasteiger partial charge is 0.129 e. The topological polar surface area (TPSA) is 15.3 Å². The van der Waals surface area contributed by atoms with E-state index in [2.05, 4.69) is 24.1 Å². The Kier molecular flexibility index (Phi) is 4.02. The maximum atomic E-state index is 13.7. The maximum absolute atomic E-state index is 13.7. The lowest BCUT2D eigenvalue weighted by Crippen LogP contribution is -2.53. The fraction of sp³-hybridized carbons (Fsp3) is 0.538. The van der Waals surface area contributed by atoms with Crippen LogP contribution in [0.15, 0.2) is 18.2 Å². The zero-order valence-corrected chi connectivity index (χ0v) is 11.0. The summed E-state index contributed by atoms with van der Waals surface area (Å²) in [6.07, 6.45) is 0. The van der Waals surface area contributed by atoms with Crippen molar-refractivity contribution in [3.05, 3.63) is 34.6 Å². The first-order chi connectivity index (χ1) is 8.06. The normalized spacial score (nSPS) is 26.1. The Bertz CT molecular complexity index is 397. The molecule has 4 heteroatoms. The summed E-state index contributed by atoms with van der Waals surface area (Å²) in [4.78, 5) is 2.30. The molecular weight excluding hydrogens is 239 g/mol. The summed E-state index contributed by atoms with van der Waals surface area (Å²) in [5, 5.41) is 3.87. The zero-order chi connectivity index (χ0) is 12.4. The van der Waals surface area contributed by atoms with Crippen molar-refractivity contribution in [1.29, 1.82) is 0 Å². The fourth-order valence-electron chi connectivity index (χ4n) is 2.19. The van der Waals surface area contributed by atoms with Crippen LogP contribution in [0.5, 0.6) is 0 Å². The van der Waals surface area contributed by atoms with Crippen molar-refractivity contribution in [2.45, 2.75) is 32.5 Å². The molecule has 1 heterocycles. The van der Waals surface area contributed by atoms with Gasteiger partial charge < -0.3 is 5.32 Å². The quantitative estimate of drug-likeness (QED) is 0.875. The third kappa shape index (κ3) is 3.18. The monoisotopic (exact) mass is 256 g/mol. The van der Waals surface area contributed by atoms with Gasteiger partial charge in [0, 0.05) is 42.3 Å². The van der Waals surface area contributed by atoms with E-state index in [4.69, 9.17) is 11.6 Å². The van der Waals surface area contributed by atoms with Crippen LogP contribution in [0.4, 0.5) is 4.39 Å². The van der Waals surface area contributed by atoms with Crippen molar-refractivity contribution in [3.63, 3.8) is 0 Å². The third-order valence-corrected chi connectivity index (χ3v) is 3.52. The molecule has 1 aromatic carbocycles. The van der Waals surface area contributed by atoms with Crippen molar-refractivity contribution in [2.75, 3.05) is 13.1 Å². The summed E-state index contributed by atoms with van der Waals surface area (Å²) in [7, 11) is 0. The van der Waals surface area contributed by atoms with Gasteiger partial charge in [-0.25, -0.2) is 4.39 Å². The van der Waals surface area contributed by atoms with Crippen LogP contribution in [0.2, 0.25) is 5.02 Å². The molecule has 1 aliphatic heterocycles. The molecule has 1 N–H and O–H groups in total. The standard InChI is InChI=1S/C13H18ClFN2/c1-9-7-17(10(2)6-16-9)8-11-3-4-12(14)5-13(11)15/h3-5,9-10,16H,6-8H2,1-2H3. The largest absolute Gasteiger partial charge is 0.311 e. The minimum Gasteiger partial charge on any atom is -0.311 e. The molecule has 2 nitrogen and oxygen atoms in total. The molecule has 94 valence electrons. The van der Waals surface area contributed by atoms with E-state index >= 15 is 0 Å². The Balaban J connectivity index is 2.08. The van der Waals surface area contributed by atoms with E-state index in [1.54, 1.807) is 12.1 Å². The highest BCUT2D eigenvalue weighted by molar-refractivity contribution is 6.30. The maximum Gasteiger partial charge on any atom is 0.129 e. The van der Waals surface area contributed by atoms with Crippen molar-refractivity contribution >= 4 is 11.6 Å². The predicted octanol–water partition coefficient (Wildman–Crippen LogP) is 2.66. The summed E-state index contributed by atoms with van der Waals surface area (Å²) >= 11 is 5.75. The van der Waals surface area contributed by atoms with Gasteiger partial charge in [0.05, 0.1) is 0 Å². The molecule has 0 bridgehead atoms. The van der Waals surface area contributed by atoms with Crippen molar-refractivity contribution in [1.82, 2.24) is 10.2 Å². The van der Waals surface area contributed by atoms with E-state index in [0.717, 1.165) is 18.7 Å². The first-order valence-corrected chi connectivity index (χ1v) is 6.35. The Labute approximate surface area is 107 Å². The Morgan fingerprint density at radius 1 is 1.47 bits per heavy atom. The minimum absolute atomic E-state index is 0.212. The van der Waals surface area contributed by atoms with Crippen molar-refractivity contribution in [2.24, 2.45) is 0 Å². The van der Waals surface area contributed by atoms with Crippen molar-refractivity contribution < 1.29 is 4.39 Å². The second-order valence-electron chi connectivity index (χ2n) is 4.82. The first-order valence-electron chi connectivity index (χ1n) is 5.97. The number of hydrogen-bond donors (Lipinski definition) is 1. The molecule has 2 unspecified atom stereocenters. The molecule has 17 heavy (non-hydrogen) atoms. The van der Waals surface area contributed by atoms with Gasteiger partial charge in [0.25, 0.3) is 0 Å². The van der Waals surface area contributed by atoms with Gasteiger partial charge in [-0.2, -0.15) is 0 Å². The predicted molar refractivity (Wildman–Crippen MR) is 68.7 cm³/mol. The van der Waals surface area contributed by atoms with Crippen LogP contribution in [0.25, 0.3) is 0 Å². The highest BCUT2D eigenvalue weighted by Gasteiger charge is 2.22. The van der Waals surface area contributed by atoms with Crippen LogP contribution in [0.3, 0.4) is 0 Å². The second-order valence-corrected chi connectivity index (χ2v) is 5.26. The lowest BCUT2D eigenvalue weighted by atomic mass is 10.1. The van der Waals surface area contributed by atoms with Crippen LogP contribution in [-0.2, 0) is 6.54 Å². The molecule has 0 aliphatic carbocycles. The molecule has 2 rings (SSSR count). The van der Waals surface area contributed by atoms with Crippen molar-refractivity contribution in [3.8, 4) is 0 Å². The molecule has 0 radical (unpaired) electrons. The number of nitrogens with one attached hydrogen (secondary N) is 1. The van der Waals surface area contributed by atoms with Crippen LogP contribution < -0.4 is 5.32 Å². The fourth-order valence-corrected chi connectivity index (χ4v) is 2.34. The molecule has 0 amide bonds. The van der Waals surface area contributed by atoms with Gasteiger partial charge in [0.1, 0.15) is 5.82 Å². The van der Waals surface area contributed by atoms with Crippen LogP contribution in [0.1, 0.15) is 19.4 Å². The molecule has 1 fully saturated rings. The summed E-state index contributed by atoms with van der Waals surface area (Å²) in [5.74, 6) is -0.212. The number of hydrogen-bond acceptors (Lipinski definition) is 2. The average molecular weight is 257 g/mol. The van der Waals surface area contributed by atoms with E-state index in [1.165, 1.54) is 6.07 Å². The molecule has 0 spiro atoms. The van der Waals surface area contributed by atoms with Gasteiger partial charge in [-0.1, -0.05) is 17.7 Å². The Hall–Kier alpha value is -0.640. The molecule has 1 aromatic rings. The van der Waals surface area contributed by atoms with Gasteiger partial charge in [0.2, 0.25) is 0 Å². The van der Waals surface area contributed by atoms with Crippen LogP contribution in [0, 0.1) is 5.82 Å². The van der Waals surface area contributed by atoms with E-state index in [-0.39, 0.29) is 5.82 Å². The number of halogens is 2. The van der Waals surface area contributed by atoms with Gasteiger partial charge in [0.15, 0.2) is 0 Å². The van der Waals surface area contributed by atoms with E-state index in [1.807, 2.05) is 0 Å². The van der Waals surface area contributed by atoms with Gasteiger partial charge in [-0.3, -0.25) is 4.90 Å². The lowest BCUT2D eigenvalue weighted by molar-refractivity contribution is 0.137. The summed E-state index contributed by atoms with van der Waals surface area (Å²) in [6, 6.07) is 5.79. The zero-order valence-electron chi connectivity index (χ0n) is 10.2. The average Bonchev–Trinajstić information content (AvgIpc) is 2.27. The number of nitrogens with zero attached hydrogens (tertiary/aromatic N) is 1. The van der Waals surface area contributed by atoms with E-state index in [9.17, 15) is 4.39 Å². The Morgan fingerprint density at radius 2 is 2.24 bits per heavy atom. The molecule has 0 aromatic heterocycles. The Morgan fingerprint density at radius 3 is 2.94 bits per heavy atom. The molecule has 1 saturated heterocycles.